The Morgan fingerprint density at radius 3 is 2.76 bits per heavy atom. The molecule has 0 atom stereocenters. The van der Waals surface area contributed by atoms with Crippen molar-refractivity contribution in [3.8, 4) is 0 Å². The first-order valence-corrected chi connectivity index (χ1v) is 7.38. The summed E-state index contributed by atoms with van der Waals surface area (Å²) in [5.74, 6) is 1.29. The summed E-state index contributed by atoms with van der Waals surface area (Å²) in [7, 11) is 0. The number of rotatable bonds is 4. The predicted molar refractivity (Wildman–Crippen MR) is 82.1 cm³/mol. The molecule has 4 nitrogen and oxygen atoms in total. The van der Waals surface area contributed by atoms with Crippen LogP contribution in [0.25, 0.3) is 0 Å². The molecule has 0 saturated heterocycles. The second kappa shape index (κ2) is 5.45. The van der Waals surface area contributed by atoms with E-state index in [2.05, 4.69) is 14.5 Å². The highest BCUT2D eigenvalue weighted by Crippen LogP contribution is 2.25. The van der Waals surface area contributed by atoms with E-state index in [9.17, 15) is 4.79 Å². The summed E-state index contributed by atoms with van der Waals surface area (Å²) in [6.07, 6.45) is 3.87. The van der Waals surface area contributed by atoms with Gasteiger partial charge in [-0.25, -0.2) is 4.98 Å². The van der Waals surface area contributed by atoms with Crippen LogP contribution < -0.4 is 0 Å². The zero-order valence-corrected chi connectivity index (χ0v) is 12.6. The molecule has 0 amide bonds. The number of fused-ring (bicyclic) bond motifs is 1. The molecule has 0 spiro atoms. The lowest BCUT2D eigenvalue weighted by Gasteiger charge is -2.34. The van der Waals surface area contributed by atoms with E-state index in [-0.39, 0.29) is 5.78 Å². The minimum atomic E-state index is -0.393. The standard InChI is InChI=1S/C17H21N3O/c1-17(2,16(21)14-6-4-3-5-7-14)13-19-10-11-20-9-8-18-15(20)12-19/h3-9H,10-13H2,1-2H3. The van der Waals surface area contributed by atoms with E-state index < -0.39 is 5.41 Å². The van der Waals surface area contributed by atoms with Crippen molar-refractivity contribution in [2.24, 2.45) is 5.41 Å². The molecule has 0 saturated carbocycles. The van der Waals surface area contributed by atoms with Gasteiger partial charge >= 0.3 is 0 Å². The number of ketones is 1. The lowest BCUT2D eigenvalue weighted by atomic mass is 9.83. The first-order valence-electron chi connectivity index (χ1n) is 7.38. The van der Waals surface area contributed by atoms with Gasteiger partial charge in [0.15, 0.2) is 5.78 Å². The van der Waals surface area contributed by atoms with E-state index in [1.165, 1.54) is 0 Å². The van der Waals surface area contributed by atoms with E-state index >= 15 is 0 Å². The first-order chi connectivity index (χ1) is 10.1. The number of carbonyl (C=O) groups excluding carboxylic acids is 1. The van der Waals surface area contributed by atoms with Crippen LogP contribution in [-0.2, 0) is 13.1 Å². The lowest BCUT2D eigenvalue weighted by molar-refractivity contribution is 0.0733. The molecule has 21 heavy (non-hydrogen) atoms. The SMILES string of the molecule is CC(C)(CN1CCn2ccnc2C1)C(=O)c1ccccc1. The average Bonchev–Trinajstić information content (AvgIpc) is 2.94. The number of Topliss-reactive ketones (excluding diaryl/α,β-unsaturated/α-hetero) is 1. The Morgan fingerprint density at radius 2 is 2.00 bits per heavy atom. The van der Waals surface area contributed by atoms with Gasteiger partial charge in [0.2, 0.25) is 0 Å². The number of benzene rings is 1. The van der Waals surface area contributed by atoms with Crippen molar-refractivity contribution in [2.75, 3.05) is 13.1 Å². The Kier molecular flexibility index (Phi) is 3.64. The maximum Gasteiger partial charge on any atom is 0.169 e. The van der Waals surface area contributed by atoms with Gasteiger partial charge in [-0.15, -0.1) is 0 Å². The van der Waals surface area contributed by atoms with E-state index in [0.717, 1.165) is 37.6 Å². The smallest absolute Gasteiger partial charge is 0.169 e. The zero-order chi connectivity index (χ0) is 14.9. The van der Waals surface area contributed by atoms with Gasteiger partial charge in [0.25, 0.3) is 0 Å². The molecule has 0 N–H and O–H groups in total. The van der Waals surface area contributed by atoms with Crippen LogP contribution in [0.2, 0.25) is 0 Å². The summed E-state index contributed by atoms with van der Waals surface area (Å²) < 4.78 is 2.18. The topological polar surface area (TPSA) is 38.1 Å². The van der Waals surface area contributed by atoms with Gasteiger partial charge in [-0.1, -0.05) is 44.2 Å². The Bertz CT molecular complexity index is 630. The van der Waals surface area contributed by atoms with Crippen LogP contribution in [-0.4, -0.2) is 33.3 Å². The summed E-state index contributed by atoms with van der Waals surface area (Å²) in [5.41, 5.74) is 0.400. The minimum absolute atomic E-state index is 0.206. The van der Waals surface area contributed by atoms with Crippen molar-refractivity contribution in [3.63, 3.8) is 0 Å². The summed E-state index contributed by atoms with van der Waals surface area (Å²) in [6, 6.07) is 9.57. The fourth-order valence-corrected chi connectivity index (χ4v) is 2.97. The highest BCUT2D eigenvalue weighted by atomic mass is 16.1. The predicted octanol–water partition coefficient (Wildman–Crippen LogP) is 2.61. The number of hydrogen-bond acceptors (Lipinski definition) is 3. The molecule has 0 bridgehead atoms. The van der Waals surface area contributed by atoms with E-state index in [0.29, 0.717) is 0 Å². The van der Waals surface area contributed by atoms with Crippen LogP contribution in [0.4, 0.5) is 0 Å². The van der Waals surface area contributed by atoms with Crippen LogP contribution in [0.5, 0.6) is 0 Å². The Balaban J connectivity index is 1.71. The van der Waals surface area contributed by atoms with Gasteiger partial charge in [0.1, 0.15) is 5.82 Å². The van der Waals surface area contributed by atoms with E-state index in [1.807, 2.05) is 56.6 Å². The number of hydrogen-bond donors (Lipinski definition) is 0. The highest BCUT2D eigenvalue weighted by molar-refractivity contribution is 6.00. The molecule has 3 rings (SSSR count). The third-order valence-electron chi connectivity index (χ3n) is 4.09. The second-order valence-electron chi connectivity index (χ2n) is 6.33. The molecule has 2 aromatic rings. The van der Waals surface area contributed by atoms with Gasteiger partial charge in [0.05, 0.1) is 6.54 Å². The highest BCUT2D eigenvalue weighted by Gasteiger charge is 2.32. The Hall–Kier alpha value is -1.94. The average molecular weight is 283 g/mol. The number of carbonyl (C=O) groups is 1. The van der Waals surface area contributed by atoms with E-state index in [1.54, 1.807) is 0 Å². The summed E-state index contributed by atoms with van der Waals surface area (Å²) in [6.45, 7) is 7.55. The van der Waals surface area contributed by atoms with Crippen molar-refractivity contribution < 1.29 is 4.79 Å². The molecule has 4 heteroatoms. The molecule has 1 aromatic carbocycles. The van der Waals surface area contributed by atoms with Crippen LogP contribution in [0.3, 0.4) is 0 Å². The molecule has 0 aliphatic carbocycles. The molecule has 1 aliphatic heterocycles. The third kappa shape index (κ3) is 2.90. The largest absolute Gasteiger partial charge is 0.333 e. The van der Waals surface area contributed by atoms with Crippen molar-refractivity contribution in [1.29, 1.82) is 0 Å². The van der Waals surface area contributed by atoms with Gasteiger partial charge in [-0.2, -0.15) is 0 Å². The van der Waals surface area contributed by atoms with Gasteiger partial charge < -0.3 is 4.57 Å². The monoisotopic (exact) mass is 283 g/mol. The van der Waals surface area contributed by atoms with Crippen molar-refractivity contribution in [1.82, 2.24) is 14.5 Å². The number of nitrogens with zero attached hydrogens (tertiary/aromatic N) is 3. The summed E-state index contributed by atoms with van der Waals surface area (Å²) in [4.78, 5) is 19.4. The van der Waals surface area contributed by atoms with Crippen molar-refractivity contribution >= 4 is 5.78 Å². The van der Waals surface area contributed by atoms with Crippen molar-refractivity contribution in [2.45, 2.75) is 26.9 Å². The normalized spacial score (nSPS) is 15.7. The number of aromatic nitrogens is 2. The van der Waals surface area contributed by atoms with Gasteiger partial charge in [-0.3, -0.25) is 9.69 Å². The maximum absolute atomic E-state index is 12.7. The molecule has 1 aliphatic rings. The summed E-state index contributed by atoms with van der Waals surface area (Å²) >= 11 is 0. The van der Waals surface area contributed by atoms with Crippen LogP contribution in [0.1, 0.15) is 30.0 Å². The Labute approximate surface area is 125 Å². The molecule has 0 fully saturated rings. The number of imidazole rings is 1. The van der Waals surface area contributed by atoms with Crippen LogP contribution in [0.15, 0.2) is 42.7 Å². The molecule has 0 unspecified atom stereocenters. The van der Waals surface area contributed by atoms with Gasteiger partial charge in [-0.05, 0) is 0 Å². The van der Waals surface area contributed by atoms with E-state index in [4.69, 9.17) is 0 Å². The third-order valence-corrected chi connectivity index (χ3v) is 4.09. The first kappa shape index (κ1) is 14.0. The summed E-state index contributed by atoms with van der Waals surface area (Å²) in [5, 5.41) is 0. The quantitative estimate of drug-likeness (QED) is 0.810. The molecule has 2 heterocycles. The minimum Gasteiger partial charge on any atom is -0.333 e. The molecule has 110 valence electrons. The maximum atomic E-state index is 12.7. The van der Waals surface area contributed by atoms with Crippen LogP contribution >= 0.6 is 0 Å². The molecule has 1 aromatic heterocycles. The van der Waals surface area contributed by atoms with Crippen LogP contribution in [0, 0.1) is 5.41 Å². The Morgan fingerprint density at radius 1 is 1.24 bits per heavy atom. The second-order valence-corrected chi connectivity index (χ2v) is 6.33. The lowest BCUT2D eigenvalue weighted by Crippen LogP contribution is -2.43. The fraction of sp³-hybridized carbons (Fsp3) is 0.412. The molecular weight excluding hydrogens is 262 g/mol. The fourth-order valence-electron chi connectivity index (χ4n) is 2.97. The van der Waals surface area contributed by atoms with Crippen molar-refractivity contribution in [3.05, 3.63) is 54.1 Å². The van der Waals surface area contributed by atoms with Gasteiger partial charge in [0, 0.05) is 43.0 Å². The molecular formula is C17H21N3O. The zero-order valence-electron chi connectivity index (χ0n) is 12.6. The molecule has 0 radical (unpaired) electrons.